The molecule has 0 aliphatic heterocycles. The molecule has 1 fully saturated rings. The lowest BCUT2D eigenvalue weighted by Crippen LogP contribution is -2.28. The second-order valence-electron chi connectivity index (χ2n) is 5.65. The number of amides is 2. The van der Waals surface area contributed by atoms with Gasteiger partial charge in [-0.3, -0.25) is 9.59 Å². The number of anilines is 1. The van der Waals surface area contributed by atoms with Crippen molar-refractivity contribution in [2.75, 3.05) is 26.1 Å². The molecule has 6 nitrogen and oxygen atoms in total. The van der Waals surface area contributed by atoms with Crippen LogP contribution in [0.15, 0.2) is 18.2 Å². The molecule has 1 aliphatic rings. The van der Waals surface area contributed by atoms with Crippen molar-refractivity contribution >= 4 is 17.5 Å². The molecule has 2 atom stereocenters. The first kappa shape index (κ1) is 17.1. The molecule has 0 saturated heterocycles. The molecule has 0 spiro atoms. The van der Waals surface area contributed by atoms with Crippen molar-refractivity contribution < 1.29 is 19.1 Å². The molecule has 1 aromatic carbocycles. The summed E-state index contributed by atoms with van der Waals surface area (Å²) in [6, 6.07) is 5.18. The molecule has 6 heteroatoms. The third-order valence-electron chi connectivity index (χ3n) is 3.94. The minimum Gasteiger partial charge on any atom is -0.493 e. The molecule has 0 radical (unpaired) electrons. The first-order chi connectivity index (χ1) is 11.1. The van der Waals surface area contributed by atoms with Crippen LogP contribution < -0.4 is 20.1 Å². The van der Waals surface area contributed by atoms with Crippen molar-refractivity contribution in [2.24, 2.45) is 11.8 Å². The van der Waals surface area contributed by atoms with E-state index < -0.39 is 0 Å². The van der Waals surface area contributed by atoms with Gasteiger partial charge in [-0.05, 0) is 25.0 Å². The molecule has 23 heavy (non-hydrogen) atoms. The van der Waals surface area contributed by atoms with Crippen LogP contribution in [-0.2, 0) is 9.59 Å². The lowest BCUT2D eigenvalue weighted by Gasteiger charge is -2.10. The first-order valence-electron chi connectivity index (χ1n) is 7.91. The molecule has 2 N–H and O–H groups in total. The summed E-state index contributed by atoms with van der Waals surface area (Å²) < 4.78 is 10.4. The zero-order chi connectivity index (χ0) is 16.8. The summed E-state index contributed by atoms with van der Waals surface area (Å²) in [5.41, 5.74) is 0.629. The van der Waals surface area contributed by atoms with Gasteiger partial charge in [-0.2, -0.15) is 0 Å². The smallest absolute Gasteiger partial charge is 0.228 e. The second-order valence-corrected chi connectivity index (χ2v) is 5.65. The van der Waals surface area contributed by atoms with E-state index in [9.17, 15) is 9.59 Å². The van der Waals surface area contributed by atoms with Gasteiger partial charge < -0.3 is 20.1 Å². The lowest BCUT2D eigenvalue weighted by molar-refractivity contribution is -0.125. The lowest BCUT2D eigenvalue weighted by atomic mass is 10.2. The molecule has 1 saturated carbocycles. The molecule has 1 aromatic rings. The largest absolute Gasteiger partial charge is 0.493 e. The highest BCUT2D eigenvalue weighted by molar-refractivity contribution is 5.99. The summed E-state index contributed by atoms with van der Waals surface area (Å²) in [5.74, 6) is 0.551. The zero-order valence-electron chi connectivity index (χ0n) is 13.8. The normalized spacial score (nSPS) is 18.9. The van der Waals surface area contributed by atoms with Crippen LogP contribution in [0, 0.1) is 11.8 Å². The molecule has 2 rings (SSSR count). The number of methoxy groups -OCH3 is 2. The van der Waals surface area contributed by atoms with Gasteiger partial charge in [-0.1, -0.05) is 13.3 Å². The average molecular weight is 320 g/mol. The molecular weight excluding hydrogens is 296 g/mol. The molecule has 2 amide bonds. The average Bonchev–Trinajstić information content (AvgIpc) is 3.35. The van der Waals surface area contributed by atoms with Crippen molar-refractivity contribution in [3.8, 4) is 11.5 Å². The van der Waals surface area contributed by atoms with E-state index in [1.807, 2.05) is 0 Å². The van der Waals surface area contributed by atoms with Crippen LogP contribution in [0.2, 0.25) is 0 Å². The summed E-state index contributed by atoms with van der Waals surface area (Å²) in [6.07, 6.45) is 2.60. The Kier molecular flexibility index (Phi) is 5.84. The fourth-order valence-electron chi connectivity index (χ4n) is 2.44. The van der Waals surface area contributed by atoms with Gasteiger partial charge in [0.2, 0.25) is 11.8 Å². The molecule has 1 aliphatic carbocycles. The second kappa shape index (κ2) is 7.85. The Morgan fingerprint density at radius 1 is 1.13 bits per heavy atom. The van der Waals surface area contributed by atoms with Gasteiger partial charge in [-0.25, -0.2) is 0 Å². The van der Waals surface area contributed by atoms with E-state index in [2.05, 4.69) is 17.6 Å². The Balaban J connectivity index is 1.87. The molecular formula is C17H24N2O4. The maximum atomic E-state index is 12.2. The fraction of sp³-hybridized carbons (Fsp3) is 0.529. The van der Waals surface area contributed by atoms with E-state index in [4.69, 9.17) is 9.47 Å². The highest BCUT2D eigenvalue weighted by Gasteiger charge is 2.47. The van der Waals surface area contributed by atoms with Gasteiger partial charge in [0.05, 0.1) is 26.1 Å². The summed E-state index contributed by atoms with van der Waals surface area (Å²) >= 11 is 0. The van der Waals surface area contributed by atoms with Gasteiger partial charge in [0.1, 0.15) is 0 Å². The standard InChI is InChI=1S/C17H24N2O4/c1-4-5-8-18-16(20)12-10-13(12)17(21)19-11-6-7-14(22-2)15(9-11)23-3/h6-7,9,12-13H,4-5,8,10H2,1-3H3,(H,18,20)(H,19,21). The highest BCUT2D eigenvalue weighted by atomic mass is 16.5. The van der Waals surface area contributed by atoms with Crippen molar-refractivity contribution in [2.45, 2.75) is 26.2 Å². The van der Waals surface area contributed by atoms with E-state index >= 15 is 0 Å². The first-order valence-corrected chi connectivity index (χ1v) is 7.91. The van der Waals surface area contributed by atoms with Gasteiger partial charge in [0.15, 0.2) is 11.5 Å². The summed E-state index contributed by atoms with van der Waals surface area (Å²) in [4.78, 5) is 24.1. The number of hydrogen-bond acceptors (Lipinski definition) is 4. The maximum absolute atomic E-state index is 12.2. The van der Waals surface area contributed by atoms with Crippen LogP contribution in [0.5, 0.6) is 11.5 Å². The van der Waals surface area contributed by atoms with E-state index in [-0.39, 0.29) is 23.7 Å². The van der Waals surface area contributed by atoms with Crippen LogP contribution in [0.3, 0.4) is 0 Å². The molecule has 0 heterocycles. The van der Waals surface area contributed by atoms with Gasteiger partial charge in [0.25, 0.3) is 0 Å². The van der Waals surface area contributed by atoms with E-state index in [0.29, 0.717) is 30.2 Å². The molecule has 126 valence electrons. The quantitative estimate of drug-likeness (QED) is 0.720. The van der Waals surface area contributed by atoms with Gasteiger partial charge in [-0.15, -0.1) is 0 Å². The fourth-order valence-corrected chi connectivity index (χ4v) is 2.44. The number of rotatable bonds is 8. The van der Waals surface area contributed by atoms with Crippen LogP contribution >= 0.6 is 0 Å². The van der Waals surface area contributed by atoms with Crippen molar-refractivity contribution in [3.63, 3.8) is 0 Å². The van der Waals surface area contributed by atoms with Crippen molar-refractivity contribution in [1.82, 2.24) is 5.32 Å². The van der Waals surface area contributed by atoms with E-state index in [0.717, 1.165) is 12.8 Å². The molecule has 0 aromatic heterocycles. The van der Waals surface area contributed by atoms with Crippen LogP contribution in [0.4, 0.5) is 5.69 Å². The molecule has 0 bridgehead atoms. The van der Waals surface area contributed by atoms with Crippen LogP contribution in [0.1, 0.15) is 26.2 Å². The van der Waals surface area contributed by atoms with Crippen LogP contribution in [0.25, 0.3) is 0 Å². The molecule has 2 unspecified atom stereocenters. The van der Waals surface area contributed by atoms with Gasteiger partial charge in [0, 0.05) is 18.3 Å². The Labute approximate surface area is 136 Å². The highest BCUT2D eigenvalue weighted by Crippen LogP contribution is 2.40. The minimum absolute atomic E-state index is 0.0223. The Morgan fingerprint density at radius 3 is 2.48 bits per heavy atom. The summed E-state index contributed by atoms with van der Waals surface area (Å²) in [5, 5.41) is 5.70. The summed E-state index contributed by atoms with van der Waals surface area (Å²) in [7, 11) is 3.10. The number of ether oxygens (including phenoxy) is 2. The minimum atomic E-state index is -0.246. The van der Waals surface area contributed by atoms with Crippen molar-refractivity contribution in [3.05, 3.63) is 18.2 Å². The Bertz CT molecular complexity index is 574. The SMILES string of the molecule is CCCCNC(=O)C1CC1C(=O)Nc1ccc(OC)c(OC)c1. The number of unbranched alkanes of at least 4 members (excludes halogenated alkanes) is 1. The number of hydrogen-bond donors (Lipinski definition) is 2. The predicted molar refractivity (Wildman–Crippen MR) is 87.7 cm³/mol. The predicted octanol–water partition coefficient (Wildman–Crippen LogP) is 2.19. The number of carbonyl (C=O) groups is 2. The number of carbonyl (C=O) groups excluding carboxylic acids is 2. The Morgan fingerprint density at radius 2 is 1.83 bits per heavy atom. The van der Waals surface area contributed by atoms with E-state index in [1.54, 1.807) is 32.4 Å². The number of benzene rings is 1. The van der Waals surface area contributed by atoms with Crippen LogP contribution in [-0.4, -0.2) is 32.6 Å². The number of nitrogens with one attached hydrogen (secondary N) is 2. The Hall–Kier alpha value is -2.24. The maximum Gasteiger partial charge on any atom is 0.228 e. The van der Waals surface area contributed by atoms with Gasteiger partial charge >= 0.3 is 0 Å². The monoisotopic (exact) mass is 320 g/mol. The van der Waals surface area contributed by atoms with E-state index in [1.165, 1.54) is 0 Å². The zero-order valence-corrected chi connectivity index (χ0v) is 13.8. The third-order valence-corrected chi connectivity index (χ3v) is 3.94. The topological polar surface area (TPSA) is 76.7 Å². The summed E-state index contributed by atoms with van der Waals surface area (Å²) in [6.45, 7) is 2.75. The van der Waals surface area contributed by atoms with Crippen molar-refractivity contribution in [1.29, 1.82) is 0 Å². The third kappa shape index (κ3) is 4.37.